The number of carbonyl (C=O) groups is 1. The van der Waals surface area contributed by atoms with Crippen molar-refractivity contribution in [1.82, 2.24) is 5.32 Å². The van der Waals surface area contributed by atoms with Crippen LogP contribution in [0.2, 0.25) is 0 Å². The molecular weight excluding hydrogens is 380 g/mol. The molecule has 27 heavy (non-hydrogen) atoms. The lowest BCUT2D eigenvalue weighted by Crippen LogP contribution is -2.31. The maximum absolute atomic E-state index is 12.4. The molecule has 0 aliphatic rings. The zero-order valence-electron chi connectivity index (χ0n) is 14.8. The number of thiophene rings is 1. The molecule has 1 atom stereocenters. The first-order valence-corrected chi connectivity index (χ1v) is 11.1. The van der Waals surface area contributed by atoms with Gasteiger partial charge in [-0.1, -0.05) is 42.5 Å². The first-order valence-electron chi connectivity index (χ1n) is 8.35. The highest BCUT2D eigenvalue weighted by molar-refractivity contribution is 7.90. The maximum Gasteiger partial charge on any atom is 0.238 e. The van der Waals surface area contributed by atoms with E-state index in [-0.39, 0.29) is 23.4 Å². The van der Waals surface area contributed by atoms with Crippen molar-refractivity contribution < 1.29 is 13.2 Å². The second-order valence-electron chi connectivity index (χ2n) is 6.09. The third-order valence-corrected chi connectivity index (χ3v) is 6.02. The molecule has 0 saturated carbocycles. The summed E-state index contributed by atoms with van der Waals surface area (Å²) in [4.78, 5) is 13.7. The maximum atomic E-state index is 12.4. The molecule has 0 spiro atoms. The van der Waals surface area contributed by atoms with Crippen LogP contribution in [0.15, 0.2) is 77.0 Å². The Morgan fingerprint density at radius 2 is 1.81 bits per heavy atom. The number of hydrogen-bond donors (Lipinski definition) is 2. The Morgan fingerprint density at radius 1 is 1.04 bits per heavy atom. The monoisotopic (exact) mass is 400 g/mol. The fourth-order valence-electron chi connectivity index (χ4n) is 2.69. The molecule has 0 radical (unpaired) electrons. The van der Waals surface area contributed by atoms with Crippen molar-refractivity contribution >= 4 is 32.8 Å². The van der Waals surface area contributed by atoms with Crippen molar-refractivity contribution in [3.8, 4) is 0 Å². The molecule has 1 heterocycles. The highest BCUT2D eigenvalue weighted by Crippen LogP contribution is 2.25. The number of carbonyl (C=O) groups excluding carboxylic acids is 1. The van der Waals surface area contributed by atoms with Crippen LogP contribution in [-0.4, -0.2) is 27.1 Å². The topological polar surface area (TPSA) is 75.3 Å². The molecule has 0 aliphatic heterocycles. The summed E-state index contributed by atoms with van der Waals surface area (Å²) in [5.41, 5.74) is 1.53. The summed E-state index contributed by atoms with van der Waals surface area (Å²) in [5.74, 6) is -0.238. The Balaban J connectivity index is 1.68. The molecule has 3 rings (SSSR count). The highest BCUT2D eigenvalue weighted by atomic mass is 32.2. The number of sulfone groups is 1. The van der Waals surface area contributed by atoms with E-state index in [1.54, 1.807) is 23.5 Å². The van der Waals surface area contributed by atoms with Crippen LogP contribution >= 0.6 is 11.3 Å². The standard InChI is InChI=1S/C20H20N2O3S2/c1-27(24,25)17-10-5-9-16(13-17)22-19(23)14-21-20(18-11-6-12-26-18)15-7-3-2-4-8-15/h2-13,20-21H,14H2,1H3,(H,22,23)/t20-/m1/s1. The molecule has 0 aliphatic carbocycles. The van der Waals surface area contributed by atoms with E-state index in [1.807, 2.05) is 47.8 Å². The van der Waals surface area contributed by atoms with Crippen molar-refractivity contribution in [2.45, 2.75) is 10.9 Å². The lowest BCUT2D eigenvalue weighted by Gasteiger charge is -2.18. The van der Waals surface area contributed by atoms with Gasteiger partial charge in [-0.25, -0.2) is 8.42 Å². The SMILES string of the molecule is CS(=O)(=O)c1cccc(NC(=O)CN[C@H](c2ccccc2)c2cccs2)c1. The smallest absolute Gasteiger partial charge is 0.238 e. The third kappa shape index (κ3) is 5.26. The van der Waals surface area contributed by atoms with Gasteiger partial charge >= 0.3 is 0 Å². The zero-order chi connectivity index (χ0) is 19.3. The van der Waals surface area contributed by atoms with Crippen molar-refractivity contribution in [3.05, 3.63) is 82.6 Å². The molecule has 2 aromatic carbocycles. The van der Waals surface area contributed by atoms with Crippen molar-refractivity contribution in [2.75, 3.05) is 18.1 Å². The van der Waals surface area contributed by atoms with Crippen LogP contribution in [0.5, 0.6) is 0 Å². The predicted octanol–water partition coefficient (Wildman–Crippen LogP) is 3.47. The minimum atomic E-state index is -3.32. The number of amides is 1. The average molecular weight is 401 g/mol. The molecule has 0 saturated heterocycles. The van der Waals surface area contributed by atoms with E-state index in [0.717, 1.165) is 16.7 Å². The summed E-state index contributed by atoms with van der Waals surface area (Å²) >= 11 is 1.63. The highest BCUT2D eigenvalue weighted by Gasteiger charge is 2.16. The second-order valence-corrected chi connectivity index (χ2v) is 9.08. The lowest BCUT2D eigenvalue weighted by atomic mass is 10.1. The summed E-state index contributed by atoms with van der Waals surface area (Å²) in [6, 6.07) is 20.1. The normalized spacial score (nSPS) is 12.5. The van der Waals surface area contributed by atoms with Gasteiger partial charge in [0.25, 0.3) is 0 Å². The van der Waals surface area contributed by atoms with Crippen molar-refractivity contribution in [3.63, 3.8) is 0 Å². The minimum absolute atomic E-state index is 0.0840. The number of anilines is 1. The number of rotatable bonds is 7. The zero-order valence-corrected chi connectivity index (χ0v) is 16.4. The molecule has 3 aromatic rings. The van der Waals surface area contributed by atoms with E-state index in [0.29, 0.717) is 5.69 Å². The van der Waals surface area contributed by atoms with Gasteiger partial charge in [0, 0.05) is 16.8 Å². The Hall–Kier alpha value is -2.48. The van der Waals surface area contributed by atoms with Crippen LogP contribution in [0.4, 0.5) is 5.69 Å². The third-order valence-electron chi connectivity index (χ3n) is 3.97. The molecule has 140 valence electrons. The van der Waals surface area contributed by atoms with Gasteiger partial charge in [0.15, 0.2) is 9.84 Å². The van der Waals surface area contributed by atoms with E-state index in [2.05, 4.69) is 10.6 Å². The molecule has 0 bridgehead atoms. The van der Waals surface area contributed by atoms with Gasteiger partial charge in [0.1, 0.15) is 0 Å². The van der Waals surface area contributed by atoms with Gasteiger partial charge in [-0.3, -0.25) is 10.1 Å². The number of hydrogen-bond acceptors (Lipinski definition) is 5. The van der Waals surface area contributed by atoms with Gasteiger partial charge in [-0.15, -0.1) is 11.3 Å². The van der Waals surface area contributed by atoms with Crippen LogP contribution in [0.3, 0.4) is 0 Å². The largest absolute Gasteiger partial charge is 0.325 e. The Morgan fingerprint density at radius 3 is 2.48 bits per heavy atom. The Kier molecular flexibility index (Phi) is 6.05. The summed E-state index contributed by atoms with van der Waals surface area (Å²) in [5, 5.41) is 8.03. The van der Waals surface area contributed by atoms with Gasteiger partial charge in [0.2, 0.25) is 5.91 Å². The Labute approximate surface area is 163 Å². The van der Waals surface area contributed by atoms with Crippen LogP contribution in [0.25, 0.3) is 0 Å². The lowest BCUT2D eigenvalue weighted by molar-refractivity contribution is -0.115. The van der Waals surface area contributed by atoms with Crippen LogP contribution in [-0.2, 0) is 14.6 Å². The summed E-state index contributed by atoms with van der Waals surface area (Å²) in [6.07, 6.45) is 1.14. The summed E-state index contributed by atoms with van der Waals surface area (Å²) in [6.45, 7) is 0.0978. The molecule has 0 unspecified atom stereocenters. The van der Waals surface area contributed by atoms with Crippen LogP contribution in [0, 0.1) is 0 Å². The average Bonchev–Trinajstić information content (AvgIpc) is 3.17. The van der Waals surface area contributed by atoms with E-state index < -0.39 is 9.84 Å². The Bertz CT molecular complexity index is 1000. The van der Waals surface area contributed by atoms with E-state index in [1.165, 1.54) is 12.1 Å². The molecule has 5 nitrogen and oxygen atoms in total. The first kappa shape index (κ1) is 19.3. The van der Waals surface area contributed by atoms with Gasteiger partial charge < -0.3 is 5.32 Å². The summed E-state index contributed by atoms with van der Waals surface area (Å²) < 4.78 is 23.3. The fourth-order valence-corrected chi connectivity index (χ4v) is 4.18. The first-order chi connectivity index (χ1) is 12.9. The fraction of sp³-hybridized carbons (Fsp3) is 0.150. The number of benzene rings is 2. The van der Waals surface area contributed by atoms with E-state index in [4.69, 9.17) is 0 Å². The van der Waals surface area contributed by atoms with E-state index in [9.17, 15) is 13.2 Å². The predicted molar refractivity (Wildman–Crippen MR) is 109 cm³/mol. The molecule has 2 N–H and O–H groups in total. The number of nitrogens with one attached hydrogen (secondary N) is 2. The van der Waals surface area contributed by atoms with Gasteiger partial charge in [-0.05, 0) is 35.2 Å². The second kappa shape index (κ2) is 8.47. The quantitative estimate of drug-likeness (QED) is 0.637. The molecule has 7 heteroatoms. The molecular formula is C20H20N2O3S2. The van der Waals surface area contributed by atoms with Crippen LogP contribution in [0.1, 0.15) is 16.5 Å². The molecule has 1 amide bonds. The summed E-state index contributed by atoms with van der Waals surface area (Å²) in [7, 11) is -3.32. The van der Waals surface area contributed by atoms with Crippen molar-refractivity contribution in [2.24, 2.45) is 0 Å². The minimum Gasteiger partial charge on any atom is -0.325 e. The molecule has 0 fully saturated rings. The van der Waals surface area contributed by atoms with Gasteiger partial charge in [0.05, 0.1) is 17.5 Å². The van der Waals surface area contributed by atoms with Crippen LogP contribution < -0.4 is 10.6 Å². The van der Waals surface area contributed by atoms with Gasteiger partial charge in [-0.2, -0.15) is 0 Å². The molecule has 1 aromatic heterocycles. The van der Waals surface area contributed by atoms with E-state index >= 15 is 0 Å². The van der Waals surface area contributed by atoms with Crippen molar-refractivity contribution in [1.29, 1.82) is 0 Å².